The Labute approximate surface area is 121 Å². The molecule has 5 nitrogen and oxygen atoms in total. The lowest BCUT2D eigenvalue weighted by atomic mass is 10.1. The first-order chi connectivity index (χ1) is 10.2. The van der Waals surface area contributed by atoms with Crippen LogP contribution in [0.2, 0.25) is 0 Å². The molecule has 7 heteroatoms. The van der Waals surface area contributed by atoms with Crippen LogP contribution in [0, 0.1) is 0 Å². The maximum Gasteiger partial charge on any atom is 0.261 e. The van der Waals surface area contributed by atoms with Gasteiger partial charge in [-0.15, -0.1) is 0 Å². The zero-order chi connectivity index (χ0) is 15.1. The molecular formula is C14H17F2N3O2. The fourth-order valence-corrected chi connectivity index (χ4v) is 1.79. The molecule has 0 radical (unpaired) electrons. The monoisotopic (exact) mass is 297 g/mol. The zero-order valence-corrected chi connectivity index (χ0v) is 11.5. The second kappa shape index (κ2) is 7.80. The van der Waals surface area contributed by atoms with Gasteiger partial charge in [-0.25, -0.2) is 8.78 Å². The van der Waals surface area contributed by atoms with E-state index in [0.717, 1.165) is 17.5 Å². The van der Waals surface area contributed by atoms with Crippen molar-refractivity contribution < 1.29 is 18.0 Å². The average molecular weight is 297 g/mol. The summed E-state index contributed by atoms with van der Waals surface area (Å²) >= 11 is 0. The van der Waals surface area contributed by atoms with E-state index < -0.39 is 13.0 Å². The van der Waals surface area contributed by atoms with Gasteiger partial charge >= 0.3 is 0 Å². The third kappa shape index (κ3) is 4.87. The van der Waals surface area contributed by atoms with Gasteiger partial charge in [-0.2, -0.15) is 4.98 Å². The summed E-state index contributed by atoms with van der Waals surface area (Å²) in [6, 6.07) is 7.68. The summed E-state index contributed by atoms with van der Waals surface area (Å²) in [6.07, 6.45) is -1.31. The van der Waals surface area contributed by atoms with Crippen molar-refractivity contribution in [2.75, 3.05) is 19.8 Å². The van der Waals surface area contributed by atoms with Crippen LogP contribution in [0.1, 0.15) is 11.4 Å². The lowest BCUT2D eigenvalue weighted by Crippen LogP contribution is -2.07. The molecule has 0 aliphatic heterocycles. The van der Waals surface area contributed by atoms with Crippen LogP contribution in [-0.4, -0.2) is 36.3 Å². The van der Waals surface area contributed by atoms with Crippen molar-refractivity contribution in [1.29, 1.82) is 0 Å². The Balaban J connectivity index is 1.89. The Bertz CT molecular complexity index is 543. The van der Waals surface area contributed by atoms with Gasteiger partial charge in [0.1, 0.15) is 6.61 Å². The van der Waals surface area contributed by atoms with Crippen LogP contribution in [0.15, 0.2) is 28.8 Å². The second-order valence-corrected chi connectivity index (χ2v) is 4.47. The molecular weight excluding hydrogens is 280 g/mol. The predicted molar refractivity (Wildman–Crippen MR) is 73.0 cm³/mol. The molecule has 0 saturated carbocycles. The first-order valence-corrected chi connectivity index (χ1v) is 6.67. The van der Waals surface area contributed by atoms with Crippen LogP contribution < -0.4 is 5.73 Å². The number of nitrogens with two attached hydrogens (primary N) is 1. The highest BCUT2D eigenvalue weighted by atomic mass is 19.3. The summed E-state index contributed by atoms with van der Waals surface area (Å²) in [5, 5.41) is 3.79. The maximum absolute atomic E-state index is 11.9. The minimum atomic E-state index is -2.46. The Morgan fingerprint density at radius 3 is 2.62 bits per heavy atom. The summed E-state index contributed by atoms with van der Waals surface area (Å²) < 4.78 is 33.7. The molecule has 2 rings (SSSR count). The van der Waals surface area contributed by atoms with Crippen LogP contribution in [0.25, 0.3) is 11.5 Å². The van der Waals surface area contributed by atoms with Crippen molar-refractivity contribution in [1.82, 2.24) is 10.1 Å². The van der Waals surface area contributed by atoms with Gasteiger partial charge in [0, 0.05) is 12.0 Å². The molecule has 2 aromatic rings. The van der Waals surface area contributed by atoms with E-state index in [4.69, 9.17) is 15.0 Å². The number of hydrogen-bond acceptors (Lipinski definition) is 5. The number of rotatable bonds is 8. The standard InChI is InChI=1S/C14H17F2N3O2/c15-12(16)9-20-8-6-13-18-14(21-19-13)11-3-1-10(2-4-11)5-7-17/h1-4,12H,5-9,17H2. The van der Waals surface area contributed by atoms with Gasteiger partial charge < -0.3 is 15.0 Å². The van der Waals surface area contributed by atoms with Crippen molar-refractivity contribution in [2.45, 2.75) is 19.3 Å². The van der Waals surface area contributed by atoms with E-state index in [1.165, 1.54) is 0 Å². The predicted octanol–water partition coefficient (Wildman–Crippen LogP) is 2.06. The van der Waals surface area contributed by atoms with Gasteiger partial charge in [0.15, 0.2) is 5.82 Å². The third-order valence-corrected chi connectivity index (χ3v) is 2.82. The fourth-order valence-electron chi connectivity index (χ4n) is 1.79. The normalized spacial score (nSPS) is 11.2. The Hall–Kier alpha value is -1.86. The minimum Gasteiger partial charge on any atom is -0.375 e. The van der Waals surface area contributed by atoms with E-state index in [9.17, 15) is 8.78 Å². The molecule has 1 aromatic heterocycles. The molecule has 2 N–H and O–H groups in total. The Morgan fingerprint density at radius 1 is 1.19 bits per heavy atom. The number of alkyl halides is 2. The van der Waals surface area contributed by atoms with Crippen LogP contribution in [-0.2, 0) is 17.6 Å². The van der Waals surface area contributed by atoms with Crippen molar-refractivity contribution in [3.63, 3.8) is 0 Å². The Morgan fingerprint density at radius 2 is 1.95 bits per heavy atom. The highest BCUT2D eigenvalue weighted by Crippen LogP contribution is 2.18. The molecule has 0 unspecified atom stereocenters. The van der Waals surface area contributed by atoms with Gasteiger partial charge in [0.05, 0.1) is 6.61 Å². The fraction of sp³-hybridized carbons (Fsp3) is 0.429. The van der Waals surface area contributed by atoms with Gasteiger partial charge in [-0.3, -0.25) is 0 Å². The Kier molecular flexibility index (Phi) is 5.77. The largest absolute Gasteiger partial charge is 0.375 e. The highest BCUT2D eigenvalue weighted by Gasteiger charge is 2.09. The summed E-state index contributed by atoms with van der Waals surface area (Å²) in [5.41, 5.74) is 7.44. The van der Waals surface area contributed by atoms with E-state index in [2.05, 4.69) is 10.1 Å². The molecule has 114 valence electrons. The summed E-state index contributed by atoms with van der Waals surface area (Å²) in [5.74, 6) is 0.837. The smallest absolute Gasteiger partial charge is 0.261 e. The van der Waals surface area contributed by atoms with E-state index >= 15 is 0 Å². The number of hydrogen-bond donors (Lipinski definition) is 1. The number of halogens is 2. The minimum absolute atomic E-state index is 0.138. The lowest BCUT2D eigenvalue weighted by Gasteiger charge is -2.00. The molecule has 1 heterocycles. The first kappa shape index (κ1) is 15.5. The molecule has 0 fully saturated rings. The van der Waals surface area contributed by atoms with Gasteiger partial charge in [-0.05, 0) is 30.7 Å². The van der Waals surface area contributed by atoms with Crippen LogP contribution in [0.5, 0.6) is 0 Å². The molecule has 0 aliphatic rings. The van der Waals surface area contributed by atoms with E-state index in [1.54, 1.807) is 0 Å². The van der Waals surface area contributed by atoms with Gasteiger partial charge in [0.25, 0.3) is 12.3 Å². The second-order valence-electron chi connectivity index (χ2n) is 4.47. The topological polar surface area (TPSA) is 74.2 Å². The van der Waals surface area contributed by atoms with Gasteiger partial charge in [0.2, 0.25) is 0 Å². The van der Waals surface area contributed by atoms with Crippen molar-refractivity contribution in [3.8, 4) is 11.5 Å². The zero-order valence-electron chi connectivity index (χ0n) is 11.5. The summed E-state index contributed by atoms with van der Waals surface area (Å²) in [7, 11) is 0. The van der Waals surface area contributed by atoms with Crippen molar-refractivity contribution in [3.05, 3.63) is 35.7 Å². The van der Waals surface area contributed by atoms with E-state index in [0.29, 0.717) is 24.7 Å². The number of aromatic nitrogens is 2. The molecule has 0 atom stereocenters. The quantitative estimate of drug-likeness (QED) is 0.755. The SMILES string of the molecule is NCCc1ccc(-c2nc(CCOCC(F)F)no2)cc1. The highest BCUT2D eigenvalue weighted by molar-refractivity contribution is 5.53. The van der Waals surface area contributed by atoms with Crippen LogP contribution in [0.4, 0.5) is 8.78 Å². The molecule has 0 amide bonds. The molecule has 0 saturated heterocycles. The maximum atomic E-state index is 11.9. The number of nitrogens with zero attached hydrogens (tertiary/aromatic N) is 2. The number of ether oxygens (including phenoxy) is 1. The summed E-state index contributed by atoms with van der Waals surface area (Å²) in [4.78, 5) is 4.20. The average Bonchev–Trinajstić information content (AvgIpc) is 2.93. The van der Waals surface area contributed by atoms with Crippen molar-refractivity contribution >= 4 is 0 Å². The molecule has 0 spiro atoms. The van der Waals surface area contributed by atoms with E-state index in [-0.39, 0.29) is 6.61 Å². The van der Waals surface area contributed by atoms with Crippen LogP contribution in [0.3, 0.4) is 0 Å². The lowest BCUT2D eigenvalue weighted by molar-refractivity contribution is 0.0182. The molecule has 1 aromatic carbocycles. The summed E-state index contributed by atoms with van der Waals surface area (Å²) in [6.45, 7) is 0.161. The van der Waals surface area contributed by atoms with Gasteiger partial charge in [-0.1, -0.05) is 17.3 Å². The molecule has 0 bridgehead atoms. The van der Waals surface area contributed by atoms with Crippen molar-refractivity contribution in [2.24, 2.45) is 5.73 Å². The molecule has 21 heavy (non-hydrogen) atoms. The van der Waals surface area contributed by atoms with E-state index in [1.807, 2.05) is 24.3 Å². The van der Waals surface area contributed by atoms with Crippen LogP contribution >= 0.6 is 0 Å². The number of benzene rings is 1. The molecule has 0 aliphatic carbocycles. The first-order valence-electron chi connectivity index (χ1n) is 6.67. The third-order valence-electron chi connectivity index (χ3n) is 2.82.